The van der Waals surface area contributed by atoms with Crippen LogP contribution in [-0.4, -0.2) is 28.5 Å². The topological polar surface area (TPSA) is 128 Å². The van der Waals surface area contributed by atoms with Crippen LogP contribution in [0, 0.1) is 0 Å². The van der Waals surface area contributed by atoms with Crippen LogP contribution in [-0.2, 0) is 13.1 Å². The van der Waals surface area contributed by atoms with E-state index in [-0.39, 0.29) is 24.7 Å². The Labute approximate surface area is 134 Å². The number of hydrogen-bond acceptors (Lipinski definition) is 7. The molecule has 2 aromatic carbocycles. The van der Waals surface area contributed by atoms with E-state index in [0.29, 0.717) is 35.6 Å². The van der Waals surface area contributed by atoms with Crippen LogP contribution in [0.25, 0.3) is 0 Å². The summed E-state index contributed by atoms with van der Waals surface area (Å²) in [6.45, 7) is 1.09. The number of aliphatic hydroxyl groups is 1. The molecule has 0 fully saturated rings. The molecular weight excluding hydrogens is 296 g/mol. The average Bonchev–Trinajstić information content (AvgIpc) is 2.56. The van der Waals surface area contributed by atoms with Crippen molar-refractivity contribution in [2.45, 2.75) is 13.1 Å². The predicted octanol–water partition coefficient (Wildman–Crippen LogP) is 0.650. The average molecular weight is 318 g/mol. The van der Waals surface area contributed by atoms with Crippen LogP contribution >= 0.6 is 0 Å². The van der Waals surface area contributed by atoms with E-state index in [1.807, 2.05) is 0 Å². The number of hydrogen-bond donors (Lipinski definition) is 6. The fourth-order valence-corrected chi connectivity index (χ4v) is 2.20. The second-order valence-corrected chi connectivity index (χ2v) is 5.10. The first-order chi connectivity index (χ1) is 11.1. The summed E-state index contributed by atoms with van der Waals surface area (Å²) >= 11 is 0. The largest absolute Gasteiger partial charge is 0.508 e. The lowest BCUT2D eigenvalue weighted by molar-refractivity contribution is 0.291. The fraction of sp³-hybridized carbons (Fsp3) is 0.250. The molecule has 0 saturated heterocycles. The highest BCUT2D eigenvalue weighted by molar-refractivity contribution is 5.65. The number of rotatable bonds is 7. The maximum atomic E-state index is 9.89. The van der Waals surface area contributed by atoms with E-state index in [1.165, 1.54) is 5.01 Å². The lowest BCUT2D eigenvalue weighted by Gasteiger charge is -2.21. The summed E-state index contributed by atoms with van der Waals surface area (Å²) in [6.07, 6.45) is 0. The lowest BCUT2D eigenvalue weighted by atomic mass is 10.1. The van der Waals surface area contributed by atoms with Crippen molar-refractivity contribution in [3.8, 4) is 11.5 Å². The number of benzene rings is 2. The highest BCUT2D eigenvalue weighted by Crippen LogP contribution is 2.29. The van der Waals surface area contributed by atoms with Gasteiger partial charge < -0.3 is 26.4 Å². The number of nitrogens with zero attached hydrogens (tertiary/aromatic N) is 1. The van der Waals surface area contributed by atoms with Crippen LogP contribution in [0.15, 0.2) is 36.4 Å². The molecule has 0 unspecified atom stereocenters. The fourth-order valence-electron chi connectivity index (χ4n) is 2.20. The molecule has 2 rings (SSSR count). The van der Waals surface area contributed by atoms with Gasteiger partial charge >= 0.3 is 0 Å². The molecule has 0 aliphatic heterocycles. The van der Waals surface area contributed by atoms with Gasteiger partial charge in [0, 0.05) is 30.8 Å². The maximum absolute atomic E-state index is 9.89. The standard InChI is InChI=1S/C16H22N4O3/c17-9-11-7-13(1-3-15(11)22)20(18)14-2-4-16(23)12(8-14)10-19-5-6-21/h1-4,7-8,19,21-23H,5-6,9-10,17-18H2. The van der Waals surface area contributed by atoms with Crippen LogP contribution in [0.4, 0.5) is 11.4 Å². The minimum Gasteiger partial charge on any atom is -0.508 e. The van der Waals surface area contributed by atoms with Crippen molar-refractivity contribution in [2.75, 3.05) is 18.2 Å². The quantitative estimate of drug-likeness (QED) is 0.251. The summed E-state index contributed by atoms with van der Waals surface area (Å²) in [5, 5.41) is 32.8. The molecule has 0 amide bonds. The van der Waals surface area contributed by atoms with E-state index < -0.39 is 0 Å². The number of aliphatic hydroxyl groups excluding tert-OH is 1. The van der Waals surface area contributed by atoms with Crippen molar-refractivity contribution in [3.63, 3.8) is 0 Å². The van der Waals surface area contributed by atoms with Crippen LogP contribution in [0.3, 0.4) is 0 Å². The number of phenolic OH excluding ortho intramolecular Hbond substituents is 2. The molecule has 0 atom stereocenters. The van der Waals surface area contributed by atoms with Gasteiger partial charge in [-0.1, -0.05) is 0 Å². The van der Waals surface area contributed by atoms with Gasteiger partial charge in [-0.2, -0.15) is 0 Å². The molecule has 0 heterocycles. The minimum absolute atomic E-state index is 0.0266. The van der Waals surface area contributed by atoms with Crippen LogP contribution in [0.1, 0.15) is 11.1 Å². The number of nitrogens with two attached hydrogens (primary N) is 2. The third kappa shape index (κ3) is 4.11. The summed E-state index contributed by atoms with van der Waals surface area (Å²) in [7, 11) is 0. The van der Waals surface area contributed by atoms with Crippen molar-refractivity contribution in [2.24, 2.45) is 11.6 Å². The van der Waals surface area contributed by atoms with E-state index in [1.54, 1.807) is 36.4 Å². The lowest BCUT2D eigenvalue weighted by Crippen LogP contribution is -2.25. The molecule has 0 aliphatic carbocycles. The summed E-state index contributed by atoms with van der Waals surface area (Å²) < 4.78 is 0. The molecule has 8 N–H and O–H groups in total. The molecule has 7 heteroatoms. The molecule has 0 radical (unpaired) electrons. The van der Waals surface area contributed by atoms with Crippen LogP contribution in [0.5, 0.6) is 11.5 Å². The van der Waals surface area contributed by atoms with E-state index >= 15 is 0 Å². The minimum atomic E-state index is 0.0266. The van der Waals surface area contributed by atoms with Gasteiger partial charge in [-0.25, -0.2) is 5.84 Å². The first-order valence-corrected chi connectivity index (χ1v) is 7.27. The van der Waals surface area contributed by atoms with Crippen molar-refractivity contribution >= 4 is 11.4 Å². The highest BCUT2D eigenvalue weighted by atomic mass is 16.3. The van der Waals surface area contributed by atoms with Crippen molar-refractivity contribution in [3.05, 3.63) is 47.5 Å². The summed E-state index contributed by atoms with van der Waals surface area (Å²) in [6, 6.07) is 9.96. The molecule has 0 bridgehead atoms. The van der Waals surface area contributed by atoms with Gasteiger partial charge in [0.2, 0.25) is 0 Å². The van der Waals surface area contributed by atoms with Crippen LogP contribution in [0.2, 0.25) is 0 Å². The normalized spacial score (nSPS) is 10.7. The third-order valence-corrected chi connectivity index (χ3v) is 3.51. The van der Waals surface area contributed by atoms with Gasteiger partial charge in [0.15, 0.2) is 0 Å². The van der Waals surface area contributed by atoms with Crippen molar-refractivity contribution < 1.29 is 15.3 Å². The molecule has 7 nitrogen and oxygen atoms in total. The van der Waals surface area contributed by atoms with E-state index in [9.17, 15) is 10.2 Å². The third-order valence-electron chi connectivity index (χ3n) is 3.51. The molecule has 23 heavy (non-hydrogen) atoms. The Bertz CT molecular complexity index is 664. The first-order valence-electron chi connectivity index (χ1n) is 7.27. The van der Waals surface area contributed by atoms with Gasteiger partial charge in [-0.3, -0.25) is 5.01 Å². The van der Waals surface area contributed by atoms with E-state index in [2.05, 4.69) is 5.32 Å². The Morgan fingerprint density at radius 1 is 0.957 bits per heavy atom. The number of hydrazine groups is 1. The Morgan fingerprint density at radius 3 is 2.09 bits per heavy atom. The summed E-state index contributed by atoms with van der Waals surface area (Å²) in [4.78, 5) is 0. The van der Waals surface area contributed by atoms with E-state index in [4.69, 9.17) is 16.7 Å². The smallest absolute Gasteiger partial charge is 0.120 e. The number of anilines is 2. The zero-order valence-electron chi connectivity index (χ0n) is 12.7. The van der Waals surface area contributed by atoms with Gasteiger partial charge in [-0.15, -0.1) is 0 Å². The maximum Gasteiger partial charge on any atom is 0.120 e. The van der Waals surface area contributed by atoms with Gasteiger partial charge in [-0.05, 0) is 36.4 Å². The van der Waals surface area contributed by atoms with Gasteiger partial charge in [0.05, 0.1) is 18.0 Å². The van der Waals surface area contributed by atoms with Crippen LogP contribution < -0.4 is 21.9 Å². The van der Waals surface area contributed by atoms with Gasteiger partial charge in [0.1, 0.15) is 11.5 Å². The Morgan fingerprint density at radius 2 is 1.52 bits per heavy atom. The highest BCUT2D eigenvalue weighted by Gasteiger charge is 2.10. The van der Waals surface area contributed by atoms with E-state index in [0.717, 1.165) is 0 Å². The molecule has 0 saturated carbocycles. The number of phenols is 2. The Hall–Kier alpha value is -2.32. The second-order valence-electron chi connectivity index (χ2n) is 5.10. The molecule has 0 aliphatic rings. The molecule has 124 valence electrons. The molecule has 0 aromatic heterocycles. The molecular formula is C16H22N4O3. The number of nitrogens with one attached hydrogen (secondary N) is 1. The zero-order chi connectivity index (χ0) is 16.8. The summed E-state index contributed by atoms with van der Waals surface area (Å²) in [5.41, 5.74) is 8.21. The number of aromatic hydroxyl groups is 2. The molecule has 2 aromatic rings. The summed E-state index contributed by atoms with van der Waals surface area (Å²) in [5.74, 6) is 6.42. The zero-order valence-corrected chi connectivity index (χ0v) is 12.7. The molecule has 0 spiro atoms. The second kappa shape index (κ2) is 7.80. The van der Waals surface area contributed by atoms with Gasteiger partial charge in [0.25, 0.3) is 0 Å². The monoisotopic (exact) mass is 318 g/mol. The Kier molecular flexibility index (Phi) is 5.78. The first kappa shape index (κ1) is 17.0. The Balaban J connectivity index is 2.25. The SMILES string of the molecule is NCc1cc(N(N)c2ccc(O)c(CNCCO)c2)ccc1O. The predicted molar refractivity (Wildman–Crippen MR) is 89.2 cm³/mol. The van der Waals surface area contributed by atoms with Crippen molar-refractivity contribution in [1.29, 1.82) is 0 Å². The van der Waals surface area contributed by atoms with Crippen molar-refractivity contribution in [1.82, 2.24) is 5.32 Å².